The first-order chi connectivity index (χ1) is 25.9. The predicted octanol–water partition coefficient (Wildman–Crippen LogP) is 14.1. The molecule has 0 amide bonds. The molecule has 2 nitrogen and oxygen atoms in total. The molecule has 0 unspecified atom stereocenters. The number of hydrogen-bond donors (Lipinski definition) is 0. The highest BCUT2D eigenvalue weighted by Crippen LogP contribution is 2.36. The quantitative estimate of drug-likeness (QED) is 0.124. The van der Waals surface area contributed by atoms with E-state index in [0.717, 1.165) is 45.3 Å². The van der Waals surface area contributed by atoms with Crippen LogP contribution < -0.4 is 9.80 Å². The van der Waals surface area contributed by atoms with E-state index in [9.17, 15) is 13.2 Å². The van der Waals surface area contributed by atoms with Crippen LogP contribution in [0, 0.1) is 0 Å². The van der Waals surface area contributed by atoms with E-state index in [0.29, 0.717) is 11.1 Å². The van der Waals surface area contributed by atoms with Gasteiger partial charge in [-0.15, -0.1) is 0 Å². The van der Waals surface area contributed by atoms with Crippen molar-refractivity contribution in [1.29, 1.82) is 0 Å². The average Bonchev–Trinajstić information content (AvgIpc) is 3.19. The number of para-hydroxylation sites is 4. The van der Waals surface area contributed by atoms with Crippen LogP contribution in [0.5, 0.6) is 0 Å². The normalized spacial score (nSPS) is 11.6. The van der Waals surface area contributed by atoms with E-state index < -0.39 is 12.6 Å². The van der Waals surface area contributed by atoms with Crippen molar-refractivity contribution < 1.29 is 13.2 Å². The van der Waals surface area contributed by atoms with Gasteiger partial charge in [0.05, 0.1) is 6.42 Å². The van der Waals surface area contributed by atoms with E-state index in [1.165, 1.54) is 0 Å². The van der Waals surface area contributed by atoms with Gasteiger partial charge in [0.15, 0.2) is 0 Å². The van der Waals surface area contributed by atoms with Crippen molar-refractivity contribution in [3.05, 3.63) is 216 Å². The minimum Gasteiger partial charge on any atom is -0.311 e. The molecule has 0 saturated carbocycles. The van der Waals surface area contributed by atoms with E-state index in [2.05, 4.69) is 58.3 Å². The summed E-state index contributed by atoms with van der Waals surface area (Å²) in [6.07, 6.45) is 1.88. The van der Waals surface area contributed by atoms with Gasteiger partial charge in [0.2, 0.25) is 0 Å². The Morgan fingerprint density at radius 2 is 0.642 bits per heavy atom. The Kier molecular flexibility index (Phi) is 10.6. The van der Waals surface area contributed by atoms with E-state index in [1.807, 2.05) is 133 Å². The van der Waals surface area contributed by atoms with Gasteiger partial charge in [0, 0.05) is 34.1 Å². The van der Waals surface area contributed by atoms with Crippen molar-refractivity contribution in [2.75, 3.05) is 9.80 Å². The lowest BCUT2D eigenvalue weighted by Crippen LogP contribution is -2.13. The molecule has 0 saturated heterocycles. The maximum atomic E-state index is 14.0. The Bertz CT molecular complexity index is 2030. The number of benzene rings is 7. The monoisotopic (exact) mass is 698 g/mol. The minimum absolute atomic E-state index is 0.236. The van der Waals surface area contributed by atoms with Crippen molar-refractivity contribution in [3.63, 3.8) is 0 Å². The third kappa shape index (κ3) is 8.84. The van der Waals surface area contributed by atoms with Gasteiger partial charge in [0.1, 0.15) is 0 Å². The Morgan fingerprint density at radius 3 is 0.943 bits per heavy atom. The lowest BCUT2D eigenvalue weighted by molar-refractivity contribution is -0.127. The summed E-state index contributed by atoms with van der Waals surface area (Å²) in [5.41, 5.74) is 9.13. The van der Waals surface area contributed by atoms with E-state index in [-0.39, 0.29) is 5.56 Å². The van der Waals surface area contributed by atoms with Crippen LogP contribution in [0.1, 0.15) is 27.8 Å². The molecule has 0 aliphatic rings. The average molecular weight is 699 g/mol. The molecular formula is C48H37F3N2. The van der Waals surface area contributed by atoms with E-state index in [1.54, 1.807) is 30.4 Å². The highest BCUT2D eigenvalue weighted by atomic mass is 19.4. The Hall–Kier alpha value is -6.59. The SMILES string of the molecule is FC(F)(F)Cc1c(/C=C/c2ccc(N(c3ccccc3)c3ccccc3)cc2)cccc1/C=C/c1ccc(N(c2ccccc2)c2ccccc2)cc1. The Morgan fingerprint density at radius 1 is 0.340 bits per heavy atom. The molecule has 260 valence electrons. The number of rotatable bonds is 11. The second-order valence-electron chi connectivity index (χ2n) is 12.6. The smallest absolute Gasteiger partial charge is 0.311 e. The first-order valence-corrected chi connectivity index (χ1v) is 17.5. The number of hydrogen-bond acceptors (Lipinski definition) is 2. The molecule has 5 heteroatoms. The summed E-state index contributed by atoms with van der Waals surface area (Å²) in [5.74, 6) is 0. The lowest BCUT2D eigenvalue weighted by atomic mass is 9.96. The van der Waals surface area contributed by atoms with Gasteiger partial charge in [0.25, 0.3) is 0 Å². The number of alkyl halides is 3. The first kappa shape index (κ1) is 34.8. The summed E-state index contributed by atoms with van der Waals surface area (Å²) in [5, 5.41) is 0. The van der Waals surface area contributed by atoms with Crippen LogP contribution in [0.3, 0.4) is 0 Å². The van der Waals surface area contributed by atoms with Crippen molar-refractivity contribution in [2.45, 2.75) is 12.6 Å². The van der Waals surface area contributed by atoms with Gasteiger partial charge in [-0.3, -0.25) is 0 Å². The van der Waals surface area contributed by atoms with Crippen LogP contribution in [0.4, 0.5) is 47.3 Å². The fourth-order valence-electron chi connectivity index (χ4n) is 6.38. The molecule has 0 aliphatic carbocycles. The molecule has 7 rings (SSSR count). The molecule has 0 fully saturated rings. The van der Waals surface area contributed by atoms with Crippen LogP contribution in [-0.4, -0.2) is 6.18 Å². The van der Waals surface area contributed by atoms with Crippen LogP contribution in [0.2, 0.25) is 0 Å². The van der Waals surface area contributed by atoms with Crippen molar-refractivity contribution in [3.8, 4) is 0 Å². The van der Waals surface area contributed by atoms with Gasteiger partial charge in [-0.05, 0) is 101 Å². The number of halogens is 3. The van der Waals surface area contributed by atoms with Crippen LogP contribution in [0.15, 0.2) is 188 Å². The topological polar surface area (TPSA) is 6.48 Å². The van der Waals surface area contributed by atoms with Crippen molar-refractivity contribution >= 4 is 58.4 Å². The third-order valence-corrected chi connectivity index (χ3v) is 8.90. The zero-order valence-electron chi connectivity index (χ0n) is 28.9. The summed E-state index contributed by atoms with van der Waals surface area (Å²) >= 11 is 0. The van der Waals surface area contributed by atoms with Crippen LogP contribution >= 0.6 is 0 Å². The highest BCUT2D eigenvalue weighted by molar-refractivity contribution is 5.81. The second-order valence-corrected chi connectivity index (χ2v) is 12.6. The Balaban J connectivity index is 1.14. The fraction of sp³-hybridized carbons (Fsp3) is 0.0417. The zero-order chi connectivity index (χ0) is 36.5. The number of nitrogens with zero attached hydrogens (tertiary/aromatic N) is 2. The summed E-state index contributed by atoms with van der Waals surface area (Å²) in [4.78, 5) is 4.34. The maximum Gasteiger partial charge on any atom is 0.393 e. The predicted molar refractivity (Wildman–Crippen MR) is 216 cm³/mol. The molecule has 0 heterocycles. The van der Waals surface area contributed by atoms with Crippen molar-refractivity contribution in [1.82, 2.24) is 0 Å². The van der Waals surface area contributed by atoms with Gasteiger partial charge < -0.3 is 9.80 Å². The summed E-state index contributed by atoms with van der Waals surface area (Å²) in [6.45, 7) is 0. The molecule has 7 aromatic carbocycles. The highest BCUT2D eigenvalue weighted by Gasteiger charge is 2.29. The molecule has 0 bridgehead atoms. The zero-order valence-corrected chi connectivity index (χ0v) is 28.9. The molecule has 53 heavy (non-hydrogen) atoms. The largest absolute Gasteiger partial charge is 0.393 e. The van der Waals surface area contributed by atoms with Gasteiger partial charge in [-0.2, -0.15) is 13.2 Å². The summed E-state index contributed by atoms with van der Waals surface area (Å²) < 4.78 is 41.9. The Labute approximate surface area is 309 Å². The van der Waals surface area contributed by atoms with Crippen molar-refractivity contribution in [2.24, 2.45) is 0 Å². The summed E-state index contributed by atoms with van der Waals surface area (Å²) in [7, 11) is 0. The molecule has 0 aromatic heterocycles. The third-order valence-electron chi connectivity index (χ3n) is 8.90. The van der Waals surface area contributed by atoms with Crippen LogP contribution in [-0.2, 0) is 6.42 Å². The number of anilines is 6. The summed E-state index contributed by atoms with van der Waals surface area (Å²) in [6, 6.07) is 61.8. The van der Waals surface area contributed by atoms with Gasteiger partial charge in [-0.1, -0.05) is 140 Å². The van der Waals surface area contributed by atoms with E-state index in [4.69, 9.17) is 0 Å². The molecule has 0 radical (unpaired) electrons. The van der Waals surface area contributed by atoms with E-state index >= 15 is 0 Å². The molecule has 0 atom stereocenters. The lowest BCUT2D eigenvalue weighted by Gasteiger charge is -2.25. The standard InChI is InChI=1S/C48H37F3N2/c49-48(50,51)36-47-39(30-24-37-26-32-45(33-27-37)52(41-16-5-1-6-17-41)42-18-7-2-8-19-42)14-13-15-40(47)31-25-38-28-34-46(35-29-38)53(43-20-9-3-10-21-43)44-22-11-4-12-23-44/h1-35H,36H2/b30-24+,31-25+. The van der Waals surface area contributed by atoms with Crippen LogP contribution in [0.25, 0.3) is 24.3 Å². The maximum absolute atomic E-state index is 14.0. The fourth-order valence-corrected chi connectivity index (χ4v) is 6.38. The molecule has 0 spiro atoms. The molecule has 0 aliphatic heterocycles. The molecule has 0 N–H and O–H groups in total. The van der Waals surface area contributed by atoms with Gasteiger partial charge in [-0.25, -0.2) is 0 Å². The van der Waals surface area contributed by atoms with Gasteiger partial charge >= 0.3 is 6.18 Å². The first-order valence-electron chi connectivity index (χ1n) is 17.5. The second kappa shape index (κ2) is 16.2. The molecular weight excluding hydrogens is 662 g/mol. The minimum atomic E-state index is -4.37. The molecule has 7 aromatic rings.